The third kappa shape index (κ3) is 14.3. The Kier molecular flexibility index (Phi) is 18.7. The van der Waals surface area contributed by atoms with Crippen LogP contribution < -0.4 is 0 Å². The summed E-state index contributed by atoms with van der Waals surface area (Å²) in [4.78, 5) is 58.4. The average molecular weight is 555 g/mol. The molecule has 1 N–H and O–H groups in total. The van der Waals surface area contributed by atoms with Crippen LogP contribution in [0.3, 0.4) is 0 Å². The van der Waals surface area contributed by atoms with Gasteiger partial charge in [-0.1, -0.05) is 52.2 Å². The van der Waals surface area contributed by atoms with Gasteiger partial charge in [-0.05, 0) is 31.4 Å². The Bertz CT molecular complexity index is 852. The Balaban J connectivity index is 0.000000864. The summed E-state index contributed by atoms with van der Waals surface area (Å²) in [6.45, 7) is 6.35. The highest BCUT2D eigenvalue weighted by molar-refractivity contribution is 6.03. The maximum absolute atomic E-state index is 12.2. The zero-order valence-corrected chi connectivity index (χ0v) is 23.6. The highest BCUT2D eigenvalue weighted by atomic mass is 16.6. The predicted molar refractivity (Wildman–Crippen MR) is 141 cm³/mol. The van der Waals surface area contributed by atoms with Crippen molar-refractivity contribution < 1.29 is 52.8 Å². The van der Waals surface area contributed by atoms with Gasteiger partial charge in [-0.15, -0.1) is 0 Å². The Morgan fingerprint density at radius 1 is 0.667 bits per heavy atom. The summed E-state index contributed by atoms with van der Waals surface area (Å²) >= 11 is 0. The van der Waals surface area contributed by atoms with Gasteiger partial charge in [0.15, 0.2) is 5.60 Å². The predicted octanol–water partition coefficient (Wildman–Crippen LogP) is 3.79. The third-order valence-electron chi connectivity index (χ3n) is 5.24. The second-order valence-electron chi connectivity index (χ2n) is 8.55. The van der Waals surface area contributed by atoms with Crippen molar-refractivity contribution in [3.63, 3.8) is 0 Å². The van der Waals surface area contributed by atoms with Crippen LogP contribution in [0.15, 0.2) is 24.3 Å². The number of hydrogen-bond acceptors (Lipinski definition) is 11. The van der Waals surface area contributed by atoms with E-state index in [1.807, 2.05) is 20.8 Å². The first-order chi connectivity index (χ1) is 18.6. The molecule has 0 atom stereocenters. The van der Waals surface area contributed by atoms with Gasteiger partial charge in [-0.2, -0.15) is 0 Å². The fourth-order valence-corrected chi connectivity index (χ4v) is 2.95. The Labute approximate surface area is 230 Å². The van der Waals surface area contributed by atoms with E-state index in [1.54, 1.807) is 12.1 Å². The minimum Gasteiger partial charge on any atom is -0.466 e. The summed E-state index contributed by atoms with van der Waals surface area (Å²) in [7, 11) is 2.52. The molecule has 0 radical (unpaired) electrons. The van der Waals surface area contributed by atoms with E-state index >= 15 is 0 Å². The lowest BCUT2D eigenvalue weighted by Gasteiger charge is -2.24. The highest BCUT2D eigenvalue weighted by Crippen LogP contribution is 2.20. The average Bonchev–Trinajstić information content (AvgIpc) is 2.92. The minimum atomic E-state index is -2.26. The van der Waals surface area contributed by atoms with Gasteiger partial charge in [0.25, 0.3) is 0 Å². The molecule has 0 unspecified atom stereocenters. The summed E-state index contributed by atoms with van der Waals surface area (Å²) in [5, 5.41) is 10.6. The van der Waals surface area contributed by atoms with Crippen molar-refractivity contribution in [2.75, 3.05) is 34.0 Å². The lowest BCUT2D eigenvalue weighted by Crippen LogP contribution is -2.45. The van der Waals surface area contributed by atoms with Crippen molar-refractivity contribution in [2.45, 2.75) is 77.7 Å². The van der Waals surface area contributed by atoms with Gasteiger partial charge in [-0.25, -0.2) is 14.4 Å². The molecule has 1 aromatic carbocycles. The molecule has 0 aliphatic carbocycles. The van der Waals surface area contributed by atoms with Crippen molar-refractivity contribution in [1.29, 1.82) is 0 Å². The van der Waals surface area contributed by atoms with Crippen LogP contribution in [-0.4, -0.2) is 74.6 Å². The van der Waals surface area contributed by atoms with Gasteiger partial charge in [0.1, 0.15) is 0 Å². The van der Waals surface area contributed by atoms with Crippen LogP contribution in [0.25, 0.3) is 0 Å². The monoisotopic (exact) mass is 554 g/mol. The smallest absolute Gasteiger partial charge is 0.339 e. The van der Waals surface area contributed by atoms with Gasteiger partial charge in [-0.3, -0.25) is 9.59 Å². The summed E-state index contributed by atoms with van der Waals surface area (Å²) in [5.74, 6) is -3.59. The molecule has 0 amide bonds. The number of methoxy groups -OCH3 is 2. The van der Waals surface area contributed by atoms with Crippen LogP contribution in [0, 0.1) is 0 Å². The number of aliphatic hydroxyl groups is 1. The van der Waals surface area contributed by atoms with Crippen molar-refractivity contribution in [1.82, 2.24) is 0 Å². The number of hydrogen-bond donors (Lipinski definition) is 1. The standard InChI is InChI=1S/C18H32O7.C10H10O4/c1-4-7-10-23-15(19)13-18(22,17(21)25-12-9-6-3)14-16(20)24-11-8-5-2;1-13-9(11)7-5-3-4-6-8(7)10(12)14-2/h22H,4-14H2,1-3H3;3-6H,1-2H3. The van der Waals surface area contributed by atoms with Gasteiger partial charge >= 0.3 is 29.8 Å². The van der Waals surface area contributed by atoms with Crippen LogP contribution in [0.4, 0.5) is 0 Å². The van der Waals surface area contributed by atoms with Crippen molar-refractivity contribution in [3.05, 3.63) is 35.4 Å². The summed E-state index contributed by atoms with van der Waals surface area (Å²) in [5.41, 5.74) is -1.84. The summed E-state index contributed by atoms with van der Waals surface area (Å²) in [6.07, 6.45) is 3.23. The molecule has 0 spiro atoms. The van der Waals surface area contributed by atoms with Crippen LogP contribution in [-0.2, 0) is 38.1 Å². The van der Waals surface area contributed by atoms with Gasteiger partial charge in [0, 0.05) is 0 Å². The molecule has 0 aliphatic rings. The normalized spacial score (nSPS) is 10.4. The topological polar surface area (TPSA) is 152 Å². The van der Waals surface area contributed by atoms with E-state index in [1.165, 1.54) is 26.4 Å². The molecular formula is C28H42O11. The van der Waals surface area contributed by atoms with Crippen molar-refractivity contribution in [3.8, 4) is 0 Å². The highest BCUT2D eigenvalue weighted by Gasteiger charge is 2.43. The third-order valence-corrected chi connectivity index (χ3v) is 5.24. The molecule has 0 saturated heterocycles. The van der Waals surface area contributed by atoms with Crippen LogP contribution in [0.5, 0.6) is 0 Å². The van der Waals surface area contributed by atoms with Gasteiger partial charge < -0.3 is 28.8 Å². The van der Waals surface area contributed by atoms with E-state index in [9.17, 15) is 29.1 Å². The molecule has 0 aliphatic heterocycles. The Morgan fingerprint density at radius 3 is 1.36 bits per heavy atom. The molecule has 1 aromatic rings. The molecule has 220 valence electrons. The molecule has 0 saturated carbocycles. The van der Waals surface area contributed by atoms with Gasteiger partial charge in [0.2, 0.25) is 0 Å². The molecule has 39 heavy (non-hydrogen) atoms. The minimum absolute atomic E-state index is 0.118. The Hall–Kier alpha value is -3.47. The molecule has 11 nitrogen and oxygen atoms in total. The van der Waals surface area contributed by atoms with Gasteiger partial charge in [0.05, 0.1) is 58.0 Å². The fourth-order valence-electron chi connectivity index (χ4n) is 2.95. The molecule has 11 heteroatoms. The maximum atomic E-state index is 12.2. The summed E-state index contributed by atoms with van der Waals surface area (Å²) < 4.78 is 24.0. The summed E-state index contributed by atoms with van der Waals surface area (Å²) in [6, 6.07) is 6.33. The number of rotatable bonds is 16. The molecular weight excluding hydrogens is 512 g/mol. The number of carbonyl (C=O) groups excluding carboxylic acids is 5. The van der Waals surface area contributed by atoms with Crippen molar-refractivity contribution in [2.24, 2.45) is 0 Å². The van der Waals surface area contributed by atoms with Crippen molar-refractivity contribution >= 4 is 29.8 Å². The zero-order chi connectivity index (χ0) is 29.7. The number of esters is 5. The largest absolute Gasteiger partial charge is 0.466 e. The van der Waals surface area contributed by atoms with E-state index in [0.717, 1.165) is 19.3 Å². The molecule has 0 heterocycles. The van der Waals surface area contributed by atoms with Crippen LogP contribution >= 0.6 is 0 Å². The van der Waals surface area contributed by atoms with Crippen LogP contribution in [0.2, 0.25) is 0 Å². The number of carbonyl (C=O) groups is 5. The number of ether oxygens (including phenoxy) is 5. The lowest BCUT2D eigenvalue weighted by molar-refractivity contribution is -0.178. The molecule has 1 rings (SSSR count). The van der Waals surface area contributed by atoms with E-state index in [0.29, 0.717) is 19.3 Å². The molecule has 0 bridgehead atoms. The molecule has 0 fully saturated rings. The lowest BCUT2D eigenvalue weighted by atomic mass is 9.95. The quantitative estimate of drug-likeness (QED) is 0.180. The number of benzene rings is 1. The Morgan fingerprint density at radius 2 is 1.03 bits per heavy atom. The maximum Gasteiger partial charge on any atom is 0.339 e. The molecule has 0 aromatic heterocycles. The number of unbranched alkanes of at least 4 members (excludes halogenated alkanes) is 3. The first-order valence-electron chi connectivity index (χ1n) is 13.1. The SMILES string of the molecule is CCCCOC(=O)CC(O)(CC(=O)OCCCC)C(=O)OCCCC.COC(=O)c1ccccc1C(=O)OC. The van der Waals surface area contributed by atoms with E-state index in [4.69, 9.17) is 14.2 Å². The van der Waals surface area contributed by atoms with E-state index in [-0.39, 0.29) is 30.9 Å². The second kappa shape index (κ2) is 20.5. The first kappa shape index (κ1) is 35.5. The fraction of sp³-hybridized carbons (Fsp3) is 0.607. The zero-order valence-electron chi connectivity index (χ0n) is 23.6. The first-order valence-corrected chi connectivity index (χ1v) is 13.1. The second-order valence-corrected chi connectivity index (χ2v) is 8.55. The van der Waals surface area contributed by atoms with E-state index in [2.05, 4.69) is 9.47 Å². The van der Waals surface area contributed by atoms with Crippen LogP contribution in [0.1, 0.15) is 92.9 Å². The van der Waals surface area contributed by atoms with E-state index < -0.39 is 48.3 Å².